The minimum absolute atomic E-state index is 0.0559. The monoisotopic (exact) mass is 343 g/mol. The number of nitrogens with one attached hydrogen (secondary N) is 1. The van der Waals surface area contributed by atoms with Gasteiger partial charge in [-0.2, -0.15) is 8.78 Å². The third kappa shape index (κ3) is 3.28. The van der Waals surface area contributed by atoms with Crippen LogP contribution in [-0.4, -0.2) is 11.7 Å². The molecule has 1 aliphatic rings. The van der Waals surface area contributed by atoms with Crippen LogP contribution < -0.4 is 5.32 Å². The van der Waals surface area contributed by atoms with Crippen molar-refractivity contribution in [3.8, 4) is 0 Å². The zero-order valence-electron chi connectivity index (χ0n) is 11.3. The topological polar surface area (TPSA) is 42.2 Å². The van der Waals surface area contributed by atoms with Crippen molar-refractivity contribution < 1.29 is 18.0 Å². The van der Waals surface area contributed by atoms with Crippen molar-refractivity contribution in [3.05, 3.63) is 47.4 Å². The fourth-order valence-corrected chi connectivity index (χ4v) is 3.26. The van der Waals surface area contributed by atoms with E-state index >= 15 is 0 Å². The normalized spacial score (nSPS) is 20.2. The molecule has 1 saturated carbocycles. The lowest BCUT2D eigenvalue weighted by Gasteiger charge is -2.11. The number of benzene rings is 1. The number of furan rings is 1. The summed E-state index contributed by atoms with van der Waals surface area (Å²) in [5.41, 5.74) is 0.313. The molecule has 2 unspecified atom stereocenters. The highest BCUT2D eigenvalue weighted by Gasteiger charge is 2.46. The summed E-state index contributed by atoms with van der Waals surface area (Å²) in [6.07, 6.45) is 2.26. The highest BCUT2D eigenvalue weighted by Crippen LogP contribution is 2.48. The maximum atomic E-state index is 12.6. The first-order chi connectivity index (χ1) is 10.6. The Hall–Kier alpha value is -1.53. The van der Waals surface area contributed by atoms with E-state index in [0.717, 1.165) is 5.76 Å². The molecule has 7 heteroatoms. The maximum absolute atomic E-state index is 12.6. The van der Waals surface area contributed by atoms with Crippen LogP contribution in [0.25, 0.3) is 0 Å². The quantitative estimate of drug-likeness (QED) is 0.778. The van der Waals surface area contributed by atoms with Gasteiger partial charge in [-0.25, -0.2) is 0 Å². The second-order valence-electron chi connectivity index (χ2n) is 4.95. The van der Waals surface area contributed by atoms with Gasteiger partial charge in [0.2, 0.25) is 5.91 Å². The number of carbonyl (C=O) groups is 1. The van der Waals surface area contributed by atoms with E-state index < -0.39 is 5.76 Å². The van der Waals surface area contributed by atoms with Crippen LogP contribution in [-0.2, 0) is 4.79 Å². The molecule has 1 aliphatic carbocycles. The summed E-state index contributed by atoms with van der Waals surface area (Å²) < 4.78 is 30.5. The number of hydrogen-bond acceptors (Lipinski definition) is 3. The van der Waals surface area contributed by atoms with Gasteiger partial charge in [0.15, 0.2) is 0 Å². The van der Waals surface area contributed by atoms with Crippen molar-refractivity contribution in [3.63, 3.8) is 0 Å². The van der Waals surface area contributed by atoms with Crippen LogP contribution in [0, 0.1) is 5.92 Å². The number of carbonyl (C=O) groups excluding carboxylic acids is 1. The van der Waals surface area contributed by atoms with Crippen LogP contribution in [0.5, 0.6) is 0 Å². The molecule has 2 aromatic rings. The molecule has 1 fully saturated rings. The zero-order chi connectivity index (χ0) is 15.7. The van der Waals surface area contributed by atoms with Gasteiger partial charge in [0.05, 0.1) is 21.9 Å². The predicted molar refractivity (Wildman–Crippen MR) is 81.5 cm³/mol. The molecule has 1 N–H and O–H groups in total. The van der Waals surface area contributed by atoms with Crippen molar-refractivity contribution >= 4 is 35.0 Å². The van der Waals surface area contributed by atoms with Gasteiger partial charge in [-0.15, -0.1) is 0 Å². The lowest BCUT2D eigenvalue weighted by Crippen LogP contribution is -2.15. The molecule has 2 atom stereocenters. The van der Waals surface area contributed by atoms with Crippen LogP contribution in [0.2, 0.25) is 5.02 Å². The Bertz CT molecular complexity index is 678. The molecule has 0 bridgehead atoms. The Balaban J connectivity index is 1.71. The predicted octanol–water partition coefficient (Wildman–Crippen LogP) is 4.99. The third-order valence-electron chi connectivity index (χ3n) is 3.47. The van der Waals surface area contributed by atoms with Gasteiger partial charge in [0.1, 0.15) is 5.76 Å². The van der Waals surface area contributed by atoms with E-state index in [1.807, 2.05) is 6.07 Å². The van der Waals surface area contributed by atoms with Crippen LogP contribution in [0.4, 0.5) is 14.5 Å². The highest BCUT2D eigenvalue weighted by molar-refractivity contribution is 7.99. The number of alkyl halides is 2. The summed E-state index contributed by atoms with van der Waals surface area (Å²) in [4.78, 5) is 12.4. The van der Waals surface area contributed by atoms with Gasteiger partial charge in [-0.3, -0.25) is 4.79 Å². The molecule has 1 aromatic heterocycles. The summed E-state index contributed by atoms with van der Waals surface area (Å²) in [5.74, 6) is -2.18. The molecule has 1 heterocycles. The fraction of sp³-hybridized carbons (Fsp3) is 0.267. The van der Waals surface area contributed by atoms with Crippen molar-refractivity contribution in [2.45, 2.75) is 23.0 Å². The maximum Gasteiger partial charge on any atom is 0.289 e. The Kier molecular flexibility index (Phi) is 4.40. The van der Waals surface area contributed by atoms with E-state index in [1.54, 1.807) is 24.5 Å². The van der Waals surface area contributed by atoms with E-state index in [0.29, 0.717) is 23.9 Å². The van der Waals surface area contributed by atoms with Crippen molar-refractivity contribution in [1.82, 2.24) is 0 Å². The Morgan fingerprint density at radius 2 is 2.18 bits per heavy atom. The number of amides is 1. The van der Waals surface area contributed by atoms with Crippen molar-refractivity contribution in [2.75, 3.05) is 5.32 Å². The molecule has 3 rings (SSSR count). The Labute approximate surface area is 135 Å². The highest BCUT2D eigenvalue weighted by atomic mass is 35.5. The largest absolute Gasteiger partial charge is 0.469 e. The minimum Gasteiger partial charge on any atom is -0.469 e. The third-order valence-corrected chi connectivity index (χ3v) is 4.75. The molecule has 0 aliphatic heterocycles. The van der Waals surface area contributed by atoms with Crippen molar-refractivity contribution in [1.29, 1.82) is 0 Å². The van der Waals surface area contributed by atoms with Gasteiger partial charge < -0.3 is 9.73 Å². The van der Waals surface area contributed by atoms with Crippen LogP contribution in [0.15, 0.2) is 45.9 Å². The molecule has 22 heavy (non-hydrogen) atoms. The number of halogens is 3. The first-order valence-electron chi connectivity index (χ1n) is 6.64. The number of rotatable bonds is 5. The van der Waals surface area contributed by atoms with E-state index in [-0.39, 0.29) is 27.7 Å². The van der Waals surface area contributed by atoms with Gasteiger partial charge in [-0.05, 0) is 30.7 Å². The Morgan fingerprint density at radius 3 is 2.86 bits per heavy atom. The summed E-state index contributed by atoms with van der Waals surface area (Å²) in [5, 5.41) is 2.89. The van der Waals surface area contributed by atoms with Gasteiger partial charge in [0.25, 0.3) is 5.76 Å². The number of hydrogen-bond donors (Lipinski definition) is 1. The molecule has 3 nitrogen and oxygen atoms in total. The molecular formula is C15H12ClF2NO2S. The summed E-state index contributed by atoms with van der Waals surface area (Å²) in [7, 11) is 0. The molecule has 1 aromatic carbocycles. The lowest BCUT2D eigenvalue weighted by atomic mass is 10.2. The minimum atomic E-state index is -2.60. The fourth-order valence-electron chi connectivity index (χ4n) is 2.34. The van der Waals surface area contributed by atoms with Gasteiger partial charge in [0, 0.05) is 11.8 Å². The summed E-state index contributed by atoms with van der Waals surface area (Å²) in [6.45, 7) is 0. The van der Waals surface area contributed by atoms with Crippen LogP contribution >= 0.6 is 23.4 Å². The van der Waals surface area contributed by atoms with Crippen molar-refractivity contribution in [2.24, 2.45) is 5.92 Å². The van der Waals surface area contributed by atoms with E-state index in [4.69, 9.17) is 16.0 Å². The van der Waals surface area contributed by atoms with Gasteiger partial charge in [-0.1, -0.05) is 29.4 Å². The van der Waals surface area contributed by atoms with Crippen LogP contribution in [0.3, 0.4) is 0 Å². The summed E-state index contributed by atoms with van der Waals surface area (Å²) in [6, 6.07) is 8.31. The second kappa shape index (κ2) is 6.30. The average molecular weight is 344 g/mol. The molecule has 116 valence electrons. The molecule has 0 saturated heterocycles. The molecule has 1 amide bonds. The van der Waals surface area contributed by atoms with Gasteiger partial charge >= 0.3 is 0 Å². The summed E-state index contributed by atoms with van der Waals surface area (Å²) >= 11 is 6.27. The molecule has 0 spiro atoms. The van der Waals surface area contributed by atoms with E-state index in [9.17, 15) is 13.6 Å². The first-order valence-corrected chi connectivity index (χ1v) is 7.89. The smallest absolute Gasteiger partial charge is 0.289 e. The standard InChI is InChI=1S/C15H12ClF2NO2S/c16-10-3-1-4-11(13(10)22-15(17)18)19-14(20)9-7-8(9)12-5-2-6-21-12/h1-6,8-9,15H,7H2,(H,19,20). The Morgan fingerprint density at radius 1 is 1.36 bits per heavy atom. The average Bonchev–Trinajstić information content (AvgIpc) is 3.08. The molecule has 0 radical (unpaired) electrons. The molecular weight excluding hydrogens is 332 g/mol. The second-order valence-corrected chi connectivity index (χ2v) is 6.36. The lowest BCUT2D eigenvalue weighted by molar-refractivity contribution is -0.117. The SMILES string of the molecule is O=C(Nc1cccc(Cl)c1SC(F)F)C1CC1c1ccco1. The number of thioether (sulfide) groups is 1. The van der Waals surface area contributed by atoms with E-state index in [1.165, 1.54) is 6.07 Å². The van der Waals surface area contributed by atoms with E-state index in [2.05, 4.69) is 5.32 Å². The zero-order valence-corrected chi connectivity index (χ0v) is 12.8. The van der Waals surface area contributed by atoms with Crippen LogP contribution in [0.1, 0.15) is 18.1 Å². The first kappa shape index (κ1) is 15.4. The number of anilines is 1.